The molecule has 0 spiro atoms. The first-order valence-electron chi connectivity index (χ1n) is 6.06. The summed E-state index contributed by atoms with van der Waals surface area (Å²) in [7, 11) is 3.71. The number of amides is 1. The molecule has 1 rings (SSSR count). The van der Waals surface area contributed by atoms with E-state index in [0.717, 1.165) is 5.69 Å². The molecule has 0 bridgehead atoms. The fraction of sp³-hybridized carbons (Fsp3) is 0.385. The van der Waals surface area contributed by atoms with E-state index in [1.165, 1.54) is 0 Å². The molecule has 0 aliphatic carbocycles. The van der Waals surface area contributed by atoms with Crippen molar-refractivity contribution in [1.29, 1.82) is 0 Å². The summed E-state index contributed by atoms with van der Waals surface area (Å²) in [4.78, 5) is 25.0. The number of esters is 1. The van der Waals surface area contributed by atoms with E-state index in [9.17, 15) is 9.59 Å². The Morgan fingerprint density at radius 1 is 1.45 bits per heavy atom. The van der Waals surface area contributed by atoms with Crippen LogP contribution in [0.2, 0.25) is 5.02 Å². The van der Waals surface area contributed by atoms with Crippen molar-refractivity contribution in [2.45, 2.75) is 13.0 Å². The molecule has 0 aliphatic rings. The Hall–Kier alpha value is -1.79. The molecule has 1 atom stereocenters. The SMILES string of the molecule is CCOC(=O)C(N)C(=O)Nc1ccc(N(C)C)c(Cl)c1. The van der Waals surface area contributed by atoms with E-state index in [1.807, 2.05) is 19.0 Å². The average Bonchev–Trinajstić information content (AvgIpc) is 2.37. The summed E-state index contributed by atoms with van der Waals surface area (Å²) < 4.78 is 4.68. The van der Waals surface area contributed by atoms with Crippen LogP contribution in [-0.2, 0) is 14.3 Å². The molecule has 1 unspecified atom stereocenters. The fourth-order valence-electron chi connectivity index (χ4n) is 1.51. The molecule has 0 aliphatic heterocycles. The van der Waals surface area contributed by atoms with Gasteiger partial charge in [-0.3, -0.25) is 4.79 Å². The van der Waals surface area contributed by atoms with Gasteiger partial charge in [0.1, 0.15) is 0 Å². The van der Waals surface area contributed by atoms with Gasteiger partial charge in [-0.15, -0.1) is 0 Å². The molecule has 0 fully saturated rings. The molecule has 20 heavy (non-hydrogen) atoms. The number of carbonyl (C=O) groups excluding carboxylic acids is 2. The van der Waals surface area contributed by atoms with Crippen LogP contribution in [0.3, 0.4) is 0 Å². The zero-order chi connectivity index (χ0) is 15.3. The standard InChI is InChI=1S/C13H18ClN3O3/c1-4-20-13(19)11(15)12(18)16-8-5-6-10(17(2)3)9(14)7-8/h5-7,11H,4,15H2,1-3H3,(H,16,18). The van der Waals surface area contributed by atoms with Crippen molar-refractivity contribution in [3.05, 3.63) is 23.2 Å². The van der Waals surface area contributed by atoms with Crippen LogP contribution in [0.4, 0.5) is 11.4 Å². The molecule has 0 saturated carbocycles. The second kappa shape index (κ2) is 7.12. The van der Waals surface area contributed by atoms with Crippen molar-refractivity contribution in [3.63, 3.8) is 0 Å². The predicted molar refractivity (Wildman–Crippen MR) is 79.0 cm³/mol. The Morgan fingerprint density at radius 3 is 2.60 bits per heavy atom. The molecule has 1 aromatic rings. The molecule has 0 saturated heterocycles. The van der Waals surface area contributed by atoms with E-state index in [1.54, 1.807) is 25.1 Å². The summed E-state index contributed by atoms with van der Waals surface area (Å²) in [6.45, 7) is 1.81. The maximum absolute atomic E-state index is 11.8. The van der Waals surface area contributed by atoms with Crippen molar-refractivity contribution in [1.82, 2.24) is 0 Å². The Balaban J connectivity index is 2.76. The number of nitrogens with zero attached hydrogens (tertiary/aromatic N) is 1. The minimum absolute atomic E-state index is 0.170. The second-order valence-electron chi connectivity index (χ2n) is 4.28. The molecule has 1 aromatic carbocycles. The number of nitrogens with one attached hydrogen (secondary N) is 1. The van der Waals surface area contributed by atoms with Crippen LogP contribution in [0.15, 0.2) is 18.2 Å². The number of halogens is 1. The van der Waals surface area contributed by atoms with Gasteiger partial charge >= 0.3 is 5.97 Å². The third-order valence-electron chi connectivity index (χ3n) is 2.52. The van der Waals surface area contributed by atoms with E-state index in [0.29, 0.717) is 10.7 Å². The lowest BCUT2D eigenvalue weighted by Gasteiger charge is -2.16. The number of hydrogen-bond acceptors (Lipinski definition) is 5. The number of hydrogen-bond donors (Lipinski definition) is 2. The van der Waals surface area contributed by atoms with Gasteiger partial charge in [-0.1, -0.05) is 11.6 Å². The van der Waals surface area contributed by atoms with Crippen LogP contribution in [0.5, 0.6) is 0 Å². The first kappa shape index (κ1) is 16.3. The molecule has 3 N–H and O–H groups in total. The van der Waals surface area contributed by atoms with Gasteiger partial charge in [0.2, 0.25) is 0 Å². The number of ether oxygens (including phenoxy) is 1. The van der Waals surface area contributed by atoms with Crippen molar-refractivity contribution in [2.24, 2.45) is 5.73 Å². The first-order chi connectivity index (χ1) is 9.36. The summed E-state index contributed by atoms with van der Waals surface area (Å²) in [5.41, 5.74) is 6.77. The van der Waals surface area contributed by atoms with E-state index in [-0.39, 0.29) is 6.61 Å². The third kappa shape index (κ3) is 4.11. The minimum Gasteiger partial charge on any atom is -0.464 e. The maximum atomic E-state index is 11.8. The molecular formula is C13H18ClN3O3. The smallest absolute Gasteiger partial charge is 0.332 e. The normalized spacial score (nSPS) is 11.7. The minimum atomic E-state index is -1.36. The highest BCUT2D eigenvalue weighted by atomic mass is 35.5. The van der Waals surface area contributed by atoms with E-state index < -0.39 is 17.9 Å². The van der Waals surface area contributed by atoms with Gasteiger partial charge in [0.25, 0.3) is 5.91 Å². The zero-order valence-electron chi connectivity index (χ0n) is 11.6. The number of nitrogens with two attached hydrogens (primary N) is 1. The Bertz CT molecular complexity index is 506. The molecule has 0 radical (unpaired) electrons. The average molecular weight is 300 g/mol. The van der Waals surface area contributed by atoms with Gasteiger partial charge in [0.15, 0.2) is 6.04 Å². The summed E-state index contributed by atoms with van der Waals surface area (Å²) in [5, 5.41) is 3.00. The lowest BCUT2D eigenvalue weighted by molar-refractivity contribution is -0.146. The zero-order valence-corrected chi connectivity index (χ0v) is 12.4. The summed E-state index contributed by atoms with van der Waals surface area (Å²) in [5.74, 6) is -1.40. The molecule has 110 valence electrons. The van der Waals surface area contributed by atoms with Gasteiger partial charge in [-0.05, 0) is 25.1 Å². The van der Waals surface area contributed by atoms with Gasteiger partial charge in [0, 0.05) is 19.8 Å². The highest BCUT2D eigenvalue weighted by Gasteiger charge is 2.23. The number of rotatable bonds is 5. The van der Waals surface area contributed by atoms with Crippen molar-refractivity contribution in [3.8, 4) is 0 Å². The molecule has 0 heterocycles. The van der Waals surface area contributed by atoms with Crippen molar-refractivity contribution >= 4 is 34.9 Å². The van der Waals surface area contributed by atoms with Crippen LogP contribution < -0.4 is 16.0 Å². The Kier molecular flexibility index (Phi) is 5.79. The van der Waals surface area contributed by atoms with Gasteiger partial charge < -0.3 is 20.7 Å². The molecule has 1 amide bonds. The molecule has 0 aromatic heterocycles. The quantitative estimate of drug-likeness (QED) is 0.631. The van der Waals surface area contributed by atoms with Crippen LogP contribution in [0, 0.1) is 0 Å². The fourth-order valence-corrected chi connectivity index (χ4v) is 1.86. The first-order valence-corrected chi connectivity index (χ1v) is 6.44. The van der Waals surface area contributed by atoms with Crippen molar-refractivity contribution < 1.29 is 14.3 Å². The highest BCUT2D eigenvalue weighted by molar-refractivity contribution is 6.33. The Morgan fingerprint density at radius 2 is 2.10 bits per heavy atom. The van der Waals surface area contributed by atoms with E-state index in [4.69, 9.17) is 17.3 Å². The van der Waals surface area contributed by atoms with Gasteiger partial charge in [0.05, 0.1) is 17.3 Å². The largest absolute Gasteiger partial charge is 0.464 e. The van der Waals surface area contributed by atoms with Crippen LogP contribution in [-0.4, -0.2) is 38.6 Å². The summed E-state index contributed by atoms with van der Waals surface area (Å²) >= 11 is 6.08. The molecule has 6 nitrogen and oxygen atoms in total. The third-order valence-corrected chi connectivity index (χ3v) is 2.82. The predicted octanol–water partition coefficient (Wildman–Crippen LogP) is 1.23. The number of anilines is 2. The lowest BCUT2D eigenvalue weighted by Crippen LogP contribution is -2.43. The maximum Gasteiger partial charge on any atom is 0.332 e. The lowest BCUT2D eigenvalue weighted by atomic mass is 10.2. The summed E-state index contributed by atoms with van der Waals surface area (Å²) in [6.07, 6.45) is 0. The number of benzene rings is 1. The van der Waals surface area contributed by atoms with Crippen molar-refractivity contribution in [2.75, 3.05) is 30.9 Å². The highest BCUT2D eigenvalue weighted by Crippen LogP contribution is 2.27. The van der Waals surface area contributed by atoms with Gasteiger partial charge in [-0.2, -0.15) is 0 Å². The second-order valence-corrected chi connectivity index (χ2v) is 4.69. The van der Waals surface area contributed by atoms with Gasteiger partial charge in [-0.25, -0.2) is 4.79 Å². The molecule has 7 heteroatoms. The topological polar surface area (TPSA) is 84.7 Å². The van der Waals surface area contributed by atoms with Crippen LogP contribution >= 0.6 is 11.6 Å². The van der Waals surface area contributed by atoms with Crippen LogP contribution in [0.25, 0.3) is 0 Å². The van der Waals surface area contributed by atoms with Crippen LogP contribution in [0.1, 0.15) is 6.92 Å². The molecular weight excluding hydrogens is 282 g/mol. The number of carbonyl (C=O) groups is 2. The summed E-state index contributed by atoms with van der Waals surface area (Å²) in [6, 6.07) is 3.67. The van der Waals surface area contributed by atoms with E-state index >= 15 is 0 Å². The van der Waals surface area contributed by atoms with E-state index in [2.05, 4.69) is 10.1 Å². The monoisotopic (exact) mass is 299 g/mol. The Labute approximate surface area is 122 Å².